The van der Waals surface area contributed by atoms with Crippen molar-refractivity contribution in [1.82, 2.24) is 24.9 Å². The maximum atomic E-state index is 13.5. The molecule has 8 heteroatoms. The third-order valence-electron chi connectivity index (χ3n) is 6.70. The summed E-state index contributed by atoms with van der Waals surface area (Å²) < 4.78 is 1.75. The van der Waals surface area contributed by atoms with Crippen LogP contribution in [0.1, 0.15) is 36.0 Å². The number of nitrogens with one attached hydrogen (secondary N) is 1. The minimum atomic E-state index is -1.08. The summed E-state index contributed by atoms with van der Waals surface area (Å²) in [4.78, 5) is 42.0. The van der Waals surface area contributed by atoms with E-state index in [2.05, 4.69) is 10.4 Å². The monoisotopic (exact) mass is 457 g/mol. The first-order chi connectivity index (χ1) is 16.5. The molecule has 1 fully saturated rings. The van der Waals surface area contributed by atoms with Gasteiger partial charge in [-0.15, -0.1) is 0 Å². The number of hydrogen-bond acceptors (Lipinski definition) is 4. The number of para-hydroxylation sites is 1. The lowest BCUT2D eigenvalue weighted by Gasteiger charge is -2.27. The molecule has 174 valence electrons. The highest BCUT2D eigenvalue weighted by Gasteiger charge is 2.53. The third-order valence-corrected chi connectivity index (χ3v) is 6.70. The van der Waals surface area contributed by atoms with Crippen molar-refractivity contribution >= 4 is 17.8 Å². The second-order valence-corrected chi connectivity index (χ2v) is 8.97. The first-order valence-electron chi connectivity index (χ1n) is 11.5. The molecule has 0 bridgehead atoms. The van der Waals surface area contributed by atoms with Gasteiger partial charge in [0.2, 0.25) is 5.91 Å². The maximum Gasteiger partial charge on any atom is 0.325 e. The van der Waals surface area contributed by atoms with Crippen molar-refractivity contribution in [2.24, 2.45) is 0 Å². The summed E-state index contributed by atoms with van der Waals surface area (Å²) >= 11 is 0. The summed E-state index contributed by atoms with van der Waals surface area (Å²) in [7, 11) is 1.66. The summed E-state index contributed by atoms with van der Waals surface area (Å²) in [6.07, 6.45) is 6.77. The summed E-state index contributed by atoms with van der Waals surface area (Å²) in [5, 5.41) is 7.30. The molecule has 4 amide bonds. The molecule has 5 rings (SSSR count). The Hall–Kier alpha value is -3.94. The highest BCUT2D eigenvalue weighted by atomic mass is 16.2. The number of aromatic nitrogens is 2. The number of fused-ring (bicyclic) bond motifs is 2. The van der Waals surface area contributed by atoms with Crippen molar-refractivity contribution in [3.05, 3.63) is 83.7 Å². The minimum absolute atomic E-state index is 0.294. The van der Waals surface area contributed by atoms with E-state index in [1.165, 1.54) is 4.90 Å². The molecular formula is C26H27N5O3. The predicted octanol–water partition coefficient (Wildman–Crippen LogP) is 3.00. The van der Waals surface area contributed by atoms with E-state index >= 15 is 0 Å². The van der Waals surface area contributed by atoms with Gasteiger partial charge >= 0.3 is 6.03 Å². The average Bonchev–Trinajstić information content (AvgIpc) is 3.34. The number of nitrogens with zero attached hydrogens (tertiary/aromatic N) is 4. The largest absolute Gasteiger partial charge is 0.340 e. The second kappa shape index (κ2) is 8.78. The SMILES string of the molecule is CN(Cc1cnn(-c2ccccc2)c1)C(=O)CN1C(=O)NC2(CCCCc3ccccc32)C1=O. The van der Waals surface area contributed by atoms with Gasteiger partial charge < -0.3 is 10.2 Å². The summed E-state index contributed by atoms with van der Waals surface area (Å²) in [5.41, 5.74) is 2.62. The molecule has 0 saturated carbocycles. The minimum Gasteiger partial charge on any atom is -0.340 e. The van der Waals surface area contributed by atoms with Gasteiger partial charge in [-0.05, 0) is 48.9 Å². The smallest absolute Gasteiger partial charge is 0.325 e. The van der Waals surface area contributed by atoms with Crippen LogP contribution in [0.4, 0.5) is 4.79 Å². The lowest BCUT2D eigenvalue weighted by atomic mass is 9.84. The van der Waals surface area contributed by atoms with Gasteiger partial charge in [0.1, 0.15) is 12.1 Å². The zero-order chi connectivity index (χ0) is 23.7. The molecule has 1 spiro atoms. The fourth-order valence-electron chi connectivity index (χ4n) is 4.90. The van der Waals surface area contributed by atoms with E-state index in [-0.39, 0.29) is 18.4 Å². The average molecular weight is 458 g/mol. The van der Waals surface area contributed by atoms with Crippen LogP contribution >= 0.6 is 0 Å². The van der Waals surface area contributed by atoms with Gasteiger partial charge in [0.05, 0.1) is 11.9 Å². The fraction of sp³-hybridized carbons (Fsp3) is 0.308. The van der Waals surface area contributed by atoms with Crippen LogP contribution in [0, 0.1) is 0 Å². The van der Waals surface area contributed by atoms with E-state index in [0.717, 1.165) is 46.5 Å². The topological polar surface area (TPSA) is 87.5 Å². The van der Waals surface area contributed by atoms with Gasteiger partial charge in [0.25, 0.3) is 5.91 Å². The molecule has 8 nitrogen and oxygen atoms in total. The van der Waals surface area contributed by atoms with Gasteiger partial charge in [-0.3, -0.25) is 14.5 Å². The molecule has 2 aliphatic rings. The second-order valence-electron chi connectivity index (χ2n) is 8.97. The Bertz CT molecular complexity index is 1240. The van der Waals surface area contributed by atoms with Crippen molar-refractivity contribution < 1.29 is 14.4 Å². The zero-order valence-electron chi connectivity index (χ0n) is 19.1. The summed E-state index contributed by atoms with van der Waals surface area (Å²) in [6, 6.07) is 17.0. The molecule has 3 aromatic rings. The molecule has 1 aliphatic carbocycles. The Kier molecular flexibility index (Phi) is 5.65. The standard InChI is InChI=1S/C26H27N5O3/c1-29(16-19-15-27-31(17-19)21-11-3-2-4-12-21)23(32)18-30-24(33)26(28-25(30)34)14-8-7-10-20-9-5-6-13-22(20)26/h2-6,9,11-13,15,17H,7-8,10,14,16,18H2,1H3,(H,28,34). The van der Waals surface area contributed by atoms with Gasteiger partial charge in [0.15, 0.2) is 0 Å². The first kappa shape index (κ1) is 21.9. The number of carbonyl (C=O) groups is 3. The van der Waals surface area contributed by atoms with Crippen LogP contribution in [-0.2, 0) is 28.1 Å². The lowest BCUT2D eigenvalue weighted by molar-refractivity contribution is -0.139. The van der Waals surface area contributed by atoms with Crippen LogP contribution < -0.4 is 5.32 Å². The van der Waals surface area contributed by atoms with Crippen LogP contribution in [0.15, 0.2) is 67.0 Å². The molecule has 1 atom stereocenters. The van der Waals surface area contributed by atoms with Crippen LogP contribution in [0.2, 0.25) is 0 Å². The number of likely N-dealkylation sites (N-methyl/N-ethyl adjacent to an activating group) is 1. The summed E-state index contributed by atoms with van der Waals surface area (Å²) in [6.45, 7) is 0.0290. The van der Waals surface area contributed by atoms with Crippen LogP contribution in [-0.4, -0.2) is 51.0 Å². The molecule has 34 heavy (non-hydrogen) atoms. The Morgan fingerprint density at radius 1 is 1.09 bits per heavy atom. The number of benzene rings is 2. The highest BCUT2D eigenvalue weighted by molar-refractivity contribution is 6.09. The van der Waals surface area contributed by atoms with Crippen molar-refractivity contribution in [2.45, 2.75) is 37.8 Å². The highest BCUT2D eigenvalue weighted by Crippen LogP contribution is 2.38. The van der Waals surface area contributed by atoms with Gasteiger partial charge in [-0.1, -0.05) is 42.5 Å². The van der Waals surface area contributed by atoms with Crippen LogP contribution in [0.5, 0.6) is 0 Å². The molecule has 2 aromatic carbocycles. The lowest BCUT2D eigenvalue weighted by Crippen LogP contribution is -2.45. The molecule has 0 radical (unpaired) electrons. The normalized spacial score (nSPS) is 19.6. The van der Waals surface area contributed by atoms with Gasteiger partial charge in [-0.2, -0.15) is 5.10 Å². The first-order valence-corrected chi connectivity index (χ1v) is 11.5. The maximum absolute atomic E-state index is 13.5. The number of amides is 4. The quantitative estimate of drug-likeness (QED) is 0.597. The number of imide groups is 1. The van der Waals surface area contributed by atoms with Crippen molar-refractivity contribution in [2.75, 3.05) is 13.6 Å². The van der Waals surface area contributed by atoms with E-state index in [4.69, 9.17) is 0 Å². The van der Waals surface area contributed by atoms with Gasteiger partial charge in [-0.25, -0.2) is 9.48 Å². The van der Waals surface area contributed by atoms with E-state index in [9.17, 15) is 14.4 Å². The Morgan fingerprint density at radius 2 is 1.85 bits per heavy atom. The molecule has 1 saturated heterocycles. The molecule has 2 heterocycles. The molecule has 1 aliphatic heterocycles. The molecule has 1 aromatic heterocycles. The summed E-state index contributed by atoms with van der Waals surface area (Å²) in [5.74, 6) is -0.652. The van der Waals surface area contributed by atoms with E-state index < -0.39 is 11.6 Å². The third kappa shape index (κ3) is 3.85. The Balaban J connectivity index is 1.29. The van der Waals surface area contributed by atoms with Crippen molar-refractivity contribution in [3.8, 4) is 5.69 Å². The number of hydrogen-bond donors (Lipinski definition) is 1. The van der Waals surface area contributed by atoms with Crippen molar-refractivity contribution in [1.29, 1.82) is 0 Å². The Labute approximate surface area is 198 Å². The molecular weight excluding hydrogens is 430 g/mol. The van der Waals surface area contributed by atoms with Crippen LogP contribution in [0.25, 0.3) is 5.69 Å². The Morgan fingerprint density at radius 3 is 2.68 bits per heavy atom. The van der Waals surface area contributed by atoms with Gasteiger partial charge in [0, 0.05) is 25.4 Å². The number of aryl methyl sites for hydroxylation is 1. The molecule has 1 N–H and O–H groups in total. The number of rotatable bonds is 5. The van der Waals surface area contributed by atoms with E-state index in [1.54, 1.807) is 17.9 Å². The fourth-order valence-corrected chi connectivity index (χ4v) is 4.90. The molecule has 1 unspecified atom stereocenters. The number of urea groups is 1. The zero-order valence-corrected chi connectivity index (χ0v) is 19.1. The van der Waals surface area contributed by atoms with Crippen LogP contribution in [0.3, 0.4) is 0 Å². The number of carbonyl (C=O) groups excluding carboxylic acids is 3. The van der Waals surface area contributed by atoms with E-state index in [1.807, 2.05) is 60.8 Å². The predicted molar refractivity (Wildman–Crippen MR) is 126 cm³/mol. The van der Waals surface area contributed by atoms with E-state index in [0.29, 0.717) is 13.0 Å². The van der Waals surface area contributed by atoms with Crippen molar-refractivity contribution in [3.63, 3.8) is 0 Å².